The third kappa shape index (κ3) is 2.73. The van der Waals surface area contributed by atoms with E-state index in [1.807, 2.05) is 0 Å². The van der Waals surface area contributed by atoms with Crippen LogP contribution < -0.4 is 11.1 Å². The van der Waals surface area contributed by atoms with E-state index in [0.717, 1.165) is 0 Å². The maximum atomic E-state index is 13.5. The molecule has 4 N–H and O–H groups in total. The minimum atomic E-state index is -0.560. The fourth-order valence-corrected chi connectivity index (χ4v) is 3.01. The average Bonchev–Trinajstić information content (AvgIpc) is 2.91. The Hall–Kier alpha value is -2.25. The van der Waals surface area contributed by atoms with E-state index in [4.69, 9.17) is 5.73 Å². The van der Waals surface area contributed by atoms with Gasteiger partial charge in [0.05, 0.1) is 17.3 Å². The molecule has 2 aromatic rings. The number of halogens is 1. The number of nitrogens with two attached hydrogens (primary N) is 1. The van der Waals surface area contributed by atoms with Crippen LogP contribution >= 0.6 is 0 Å². The summed E-state index contributed by atoms with van der Waals surface area (Å²) in [6.07, 6.45) is 0.530. The molecule has 0 bridgehead atoms. The maximum Gasteiger partial charge on any atom is 0.252 e. The molecule has 1 aromatic heterocycles. The highest BCUT2D eigenvalue weighted by Gasteiger charge is 2.29. The van der Waals surface area contributed by atoms with Crippen molar-refractivity contribution >= 4 is 5.91 Å². The molecule has 7 heteroatoms. The summed E-state index contributed by atoms with van der Waals surface area (Å²) in [5.74, 6) is -0.868. The molecule has 1 aliphatic rings. The quantitative estimate of drug-likeness (QED) is 0.787. The fourth-order valence-electron chi connectivity index (χ4n) is 3.01. The number of amides is 1. The topological polar surface area (TPSA) is 93.2 Å². The molecule has 1 amide bonds. The number of aryl methyl sites for hydroxylation is 1. The summed E-state index contributed by atoms with van der Waals surface area (Å²) in [4.78, 5) is 12.0. The average molecular weight is 318 g/mol. The van der Waals surface area contributed by atoms with Gasteiger partial charge in [0.1, 0.15) is 11.5 Å². The molecule has 6 nitrogen and oxygen atoms in total. The first-order valence-electron chi connectivity index (χ1n) is 7.52. The Morgan fingerprint density at radius 1 is 1.57 bits per heavy atom. The minimum Gasteiger partial charge on any atom is -0.396 e. The zero-order chi connectivity index (χ0) is 16.6. The highest BCUT2D eigenvalue weighted by atomic mass is 19.1. The minimum absolute atomic E-state index is 0.0303. The van der Waals surface area contributed by atoms with E-state index in [9.17, 15) is 14.3 Å². The summed E-state index contributed by atoms with van der Waals surface area (Å²) < 4.78 is 15.3. The van der Waals surface area contributed by atoms with Crippen LogP contribution in [0.1, 0.15) is 34.1 Å². The highest BCUT2D eigenvalue weighted by Crippen LogP contribution is 2.30. The molecule has 122 valence electrons. The maximum absolute atomic E-state index is 13.5. The number of carbonyl (C=O) groups is 1. The van der Waals surface area contributed by atoms with Crippen LogP contribution in [0.3, 0.4) is 0 Å². The lowest BCUT2D eigenvalue weighted by atomic mass is 10.0. The molecule has 0 spiro atoms. The largest absolute Gasteiger partial charge is 0.396 e. The van der Waals surface area contributed by atoms with E-state index in [1.54, 1.807) is 23.7 Å². The number of nitrogens with one attached hydrogen (secondary N) is 1. The summed E-state index contributed by atoms with van der Waals surface area (Å²) >= 11 is 0. The van der Waals surface area contributed by atoms with Crippen molar-refractivity contribution in [2.75, 3.05) is 13.2 Å². The Bertz CT molecular complexity index is 757. The van der Waals surface area contributed by atoms with Crippen LogP contribution in [-0.4, -0.2) is 33.9 Å². The predicted molar refractivity (Wildman–Crippen MR) is 83.3 cm³/mol. The van der Waals surface area contributed by atoms with E-state index in [-0.39, 0.29) is 18.5 Å². The van der Waals surface area contributed by atoms with Crippen LogP contribution in [-0.2, 0) is 6.54 Å². The van der Waals surface area contributed by atoms with Crippen molar-refractivity contribution in [2.24, 2.45) is 5.73 Å². The number of aliphatic hydroxyl groups excluding tert-OH is 1. The highest BCUT2D eigenvalue weighted by molar-refractivity contribution is 6.00. The molecule has 0 saturated heterocycles. The molecule has 0 aliphatic carbocycles. The van der Waals surface area contributed by atoms with Crippen molar-refractivity contribution in [3.63, 3.8) is 0 Å². The summed E-state index contributed by atoms with van der Waals surface area (Å²) in [5.41, 5.74) is 8.22. The molecule has 3 rings (SSSR count). The third-order valence-corrected chi connectivity index (χ3v) is 4.17. The van der Waals surface area contributed by atoms with Crippen LogP contribution in [0.15, 0.2) is 18.2 Å². The Kier molecular flexibility index (Phi) is 4.14. The third-order valence-electron chi connectivity index (χ3n) is 4.17. The smallest absolute Gasteiger partial charge is 0.252 e. The van der Waals surface area contributed by atoms with Gasteiger partial charge in [-0.2, -0.15) is 5.10 Å². The molecule has 0 fully saturated rings. The monoisotopic (exact) mass is 318 g/mol. The lowest BCUT2D eigenvalue weighted by molar-refractivity contribution is 0.0999. The molecule has 23 heavy (non-hydrogen) atoms. The Morgan fingerprint density at radius 2 is 2.35 bits per heavy atom. The molecule has 2 heterocycles. The number of hydrogen-bond donors (Lipinski definition) is 3. The Balaban J connectivity index is 2.17. The Morgan fingerprint density at radius 3 is 3.00 bits per heavy atom. The van der Waals surface area contributed by atoms with Crippen molar-refractivity contribution in [1.29, 1.82) is 0 Å². The molecule has 1 atom stereocenters. The SMILES string of the molecule is Cc1cc(-c2nn3c(c2C(N)=O)CNCC3CCO)ccc1F. The van der Waals surface area contributed by atoms with E-state index >= 15 is 0 Å². The van der Waals surface area contributed by atoms with Gasteiger partial charge in [0, 0.05) is 25.3 Å². The molecular formula is C16H19FN4O2. The van der Waals surface area contributed by atoms with Gasteiger partial charge in [-0.1, -0.05) is 0 Å². The number of rotatable bonds is 4. The number of aliphatic hydroxyl groups is 1. The van der Waals surface area contributed by atoms with Crippen LogP contribution in [0.5, 0.6) is 0 Å². The number of primary amides is 1. The van der Waals surface area contributed by atoms with Gasteiger partial charge in [0.15, 0.2) is 0 Å². The van der Waals surface area contributed by atoms with E-state index in [2.05, 4.69) is 10.4 Å². The second kappa shape index (κ2) is 6.10. The molecular weight excluding hydrogens is 299 g/mol. The zero-order valence-corrected chi connectivity index (χ0v) is 12.8. The summed E-state index contributed by atoms with van der Waals surface area (Å²) in [5, 5.41) is 17.0. The number of carbonyl (C=O) groups excluding carboxylic acids is 1. The molecule has 1 aliphatic heterocycles. The van der Waals surface area contributed by atoms with E-state index in [0.29, 0.717) is 47.6 Å². The second-order valence-electron chi connectivity index (χ2n) is 5.74. The van der Waals surface area contributed by atoms with Crippen molar-refractivity contribution in [3.05, 3.63) is 40.8 Å². The number of aromatic nitrogens is 2. The lowest BCUT2D eigenvalue weighted by Gasteiger charge is -2.25. The van der Waals surface area contributed by atoms with Gasteiger partial charge in [-0.15, -0.1) is 0 Å². The van der Waals surface area contributed by atoms with Gasteiger partial charge < -0.3 is 16.2 Å². The van der Waals surface area contributed by atoms with Crippen LogP contribution in [0.25, 0.3) is 11.3 Å². The van der Waals surface area contributed by atoms with E-state index in [1.165, 1.54) is 6.07 Å². The Labute approximate surface area is 133 Å². The van der Waals surface area contributed by atoms with Gasteiger partial charge in [-0.3, -0.25) is 9.48 Å². The van der Waals surface area contributed by atoms with Crippen molar-refractivity contribution in [2.45, 2.75) is 25.9 Å². The van der Waals surface area contributed by atoms with Crippen molar-refractivity contribution in [3.8, 4) is 11.3 Å². The van der Waals surface area contributed by atoms with Crippen molar-refractivity contribution < 1.29 is 14.3 Å². The fraction of sp³-hybridized carbons (Fsp3) is 0.375. The van der Waals surface area contributed by atoms with Crippen LogP contribution in [0, 0.1) is 12.7 Å². The number of fused-ring (bicyclic) bond motifs is 1. The van der Waals surface area contributed by atoms with Gasteiger partial charge in [0.25, 0.3) is 5.91 Å². The molecule has 0 radical (unpaired) electrons. The van der Waals surface area contributed by atoms with Gasteiger partial charge in [-0.05, 0) is 37.1 Å². The predicted octanol–water partition coefficient (Wildman–Crippen LogP) is 1.12. The number of nitrogens with zero attached hydrogens (tertiary/aromatic N) is 2. The van der Waals surface area contributed by atoms with Gasteiger partial charge >= 0.3 is 0 Å². The first-order chi connectivity index (χ1) is 11.0. The van der Waals surface area contributed by atoms with E-state index < -0.39 is 5.91 Å². The lowest BCUT2D eigenvalue weighted by Crippen LogP contribution is -2.35. The first kappa shape index (κ1) is 15.6. The summed E-state index contributed by atoms with van der Waals surface area (Å²) in [6.45, 7) is 2.83. The van der Waals surface area contributed by atoms with Gasteiger partial charge in [0.2, 0.25) is 0 Å². The second-order valence-corrected chi connectivity index (χ2v) is 5.74. The molecule has 1 aromatic carbocycles. The number of benzene rings is 1. The number of hydrogen-bond acceptors (Lipinski definition) is 4. The standard InChI is InChI=1S/C16H19FN4O2/c1-9-6-10(2-3-12(9)17)15-14(16(18)23)13-8-19-7-11(4-5-22)21(13)20-15/h2-3,6,11,19,22H,4-5,7-8H2,1H3,(H2,18,23). The molecule has 0 saturated carbocycles. The summed E-state index contributed by atoms with van der Waals surface area (Å²) in [6, 6.07) is 4.57. The normalized spacial score (nSPS) is 17.1. The first-order valence-corrected chi connectivity index (χ1v) is 7.52. The van der Waals surface area contributed by atoms with Crippen molar-refractivity contribution in [1.82, 2.24) is 15.1 Å². The zero-order valence-electron chi connectivity index (χ0n) is 12.8. The molecule has 1 unspecified atom stereocenters. The van der Waals surface area contributed by atoms with Crippen LogP contribution in [0.2, 0.25) is 0 Å². The summed E-state index contributed by atoms with van der Waals surface area (Å²) in [7, 11) is 0. The van der Waals surface area contributed by atoms with Gasteiger partial charge in [-0.25, -0.2) is 4.39 Å². The van der Waals surface area contributed by atoms with Crippen LogP contribution in [0.4, 0.5) is 4.39 Å².